The number of halogens is 6. The van der Waals surface area contributed by atoms with Gasteiger partial charge in [0.15, 0.2) is 4.33 Å². The number of likely N-dealkylation sites (tertiary alicyclic amines) is 1. The standard InChI is InChI=1S/C14H8Cl6N2O4/c15-7-8(16)13(18)6-5(12(7,17)14(13,19)20)10(25)22(11(6)26)3-1-2-4(23)21-9(3)24/h3,5-6H,1-2H2,(H,21,23,24)/t3-,5-,6+,12-,13-/m0/s1. The molecule has 1 saturated carbocycles. The lowest BCUT2D eigenvalue weighted by Gasteiger charge is -2.36. The Balaban J connectivity index is 1.82. The Bertz CT molecular complexity index is 797. The van der Waals surface area contributed by atoms with Crippen LogP contribution in [0.4, 0.5) is 0 Å². The lowest BCUT2D eigenvalue weighted by molar-refractivity contribution is -0.152. The van der Waals surface area contributed by atoms with Crippen molar-refractivity contribution in [1.82, 2.24) is 10.2 Å². The number of hydrogen-bond donors (Lipinski definition) is 1. The largest absolute Gasteiger partial charge is 0.295 e. The van der Waals surface area contributed by atoms with Crippen LogP contribution in [0.15, 0.2) is 10.1 Å². The van der Waals surface area contributed by atoms with Crippen LogP contribution in [-0.4, -0.2) is 48.7 Å². The molecule has 2 bridgehead atoms. The summed E-state index contributed by atoms with van der Waals surface area (Å²) >= 11 is 38.2. The van der Waals surface area contributed by atoms with Crippen LogP contribution >= 0.6 is 69.6 Å². The van der Waals surface area contributed by atoms with E-state index in [1.807, 2.05) is 0 Å². The SMILES string of the molecule is O=C1CC[C@H](N2C(=O)[C@@H]3[C@H](C2=O)[C@]2(Cl)C(Cl)=C(Cl)[C@]3(Cl)C2(Cl)Cl)C(=O)N1. The maximum absolute atomic E-state index is 13.1. The van der Waals surface area contributed by atoms with Crippen molar-refractivity contribution in [3.05, 3.63) is 10.1 Å². The molecule has 4 rings (SSSR count). The third kappa shape index (κ3) is 1.80. The summed E-state index contributed by atoms with van der Waals surface area (Å²) in [6, 6.07) is -1.16. The van der Waals surface area contributed by atoms with Crippen LogP contribution in [0, 0.1) is 11.8 Å². The summed E-state index contributed by atoms with van der Waals surface area (Å²) in [5, 5.41) is 1.70. The number of imide groups is 2. The number of fused-ring (bicyclic) bond motifs is 5. The van der Waals surface area contributed by atoms with Crippen molar-refractivity contribution >= 4 is 93.2 Å². The van der Waals surface area contributed by atoms with E-state index in [-0.39, 0.29) is 22.9 Å². The minimum Gasteiger partial charge on any atom is -0.295 e. The predicted octanol–water partition coefficient (Wildman–Crippen LogP) is 2.24. The fraction of sp³-hybridized carbons (Fsp3) is 0.571. The third-order valence-electron chi connectivity index (χ3n) is 5.46. The molecule has 140 valence electrons. The van der Waals surface area contributed by atoms with Gasteiger partial charge in [0.05, 0.1) is 21.9 Å². The molecule has 4 amide bonds. The Morgan fingerprint density at radius 1 is 0.885 bits per heavy atom. The number of nitrogens with one attached hydrogen (secondary N) is 1. The molecule has 0 aromatic rings. The third-order valence-corrected chi connectivity index (χ3v) is 9.72. The van der Waals surface area contributed by atoms with Gasteiger partial charge in [-0.1, -0.05) is 46.4 Å². The van der Waals surface area contributed by atoms with Crippen LogP contribution in [0.25, 0.3) is 0 Å². The van der Waals surface area contributed by atoms with Crippen molar-refractivity contribution < 1.29 is 19.2 Å². The van der Waals surface area contributed by atoms with Crippen LogP contribution in [0.3, 0.4) is 0 Å². The van der Waals surface area contributed by atoms with Crippen molar-refractivity contribution in [2.75, 3.05) is 0 Å². The van der Waals surface area contributed by atoms with E-state index in [2.05, 4.69) is 5.32 Å². The Labute approximate surface area is 177 Å². The number of hydrogen-bond acceptors (Lipinski definition) is 4. The lowest BCUT2D eigenvalue weighted by Crippen LogP contribution is -2.57. The highest BCUT2D eigenvalue weighted by atomic mass is 35.5. The molecule has 0 unspecified atom stereocenters. The zero-order valence-electron chi connectivity index (χ0n) is 12.5. The highest BCUT2D eigenvalue weighted by molar-refractivity contribution is 6.66. The van der Waals surface area contributed by atoms with E-state index in [9.17, 15) is 19.2 Å². The summed E-state index contributed by atoms with van der Waals surface area (Å²) < 4.78 is -2.02. The molecule has 6 nitrogen and oxygen atoms in total. The van der Waals surface area contributed by atoms with E-state index in [0.717, 1.165) is 4.90 Å². The molecule has 12 heteroatoms. The smallest absolute Gasteiger partial charge is 0.249 e. The molecule has 5 atom stereocenters. The second kappa shape index (κ2) is 5.43. The van der Waals surface area contributed by atoms with Gasteiger partial charge < -0.3 is 0 Å². The Morgan fingerprint density at radius 2 is 1.35 bits per heavy atom. The summed E-state index contributed by atoms with van der Waals surface area (Å²) in [5.41, 5.74) is 0. The first-order chi connectivity index (χ1) is 11.9. The van der Waals surface area contributed by atoms with Gasteiger partial charge in [-0.15, -0.1) is 23.2 Å². The second-order valence-electron chi connectivity index (χ2n) is 6.59. The average molecular weight is 481 g/mol. The zero-order chi connectivity index (χ0) is 19.4. The molecule has 4 aliphatic rings. The predicted molar refractivity (Wildman–Crippen MR) is 95.3 cm³/mol. The van der Waals surface area contributed by atoms with Crippen LogP contribution in [0.1, 0.15) is 12.8 Å². The summed E-state index contributed by atoms with van der Waals surface area (Å²) in [6.45, 7) is 0. The molecule has 0 radical (unpaired) electrons. The van der Waals surface area contributed by atoms with Crippen LogP contribution in [-0.2, 0) is 19.2 Å². The van der Waals surface area contributed by atoms with Gasteiger partial charge in [0, 0.05) is 6.42 Å². The van der Waals surface area contributed by atoms with Gasteiger partial charge >= 0.3 is 0 Å². The van der Waals surface area contributed by atoms with Crippen molar-refractivity contribution in [2.45, 2.75) is 33.0 Å². The summed E-state index contributed by atoms with van der Waals surface area (Å²) in [5.74, 6) is -5.37. The average Bonchev–Trinajstić information content (AvgIpc) is 2.93. The van der Waals surface area contributed by atoms with E-state index in [1.54, 1.807) is 0 Å². The number of allylic oxidation sites excluding steroid dienone is 2. The summed E-state index contributed by atoms with van der Waals surface area (Å²) in [4.78, 5) is 46.5. The highest BCUT2D eigenvalue weighted by Crippen LogP contribution is 2.77. The van der Waals surface area contributed by atoms with E-state index in [4.69, 9.17) is 69.6 Å². The molecule has 0 aromatic carbocycles. The first kappa shape index (κ1) is 19.1. The van der Waals surface area contributed by atoms with E-state index in [1.165, 1.54) is 0 Å². The topological polar surface area (TPSA) is 83.6 Å². The van der Waals surface area contributed by atoms with Crippen LogP contribution in [0.2, 0.25) is 0 Å². The molecule has 2 saturated heterocycles. The van der Waals surface area contributed by atoms with Gasteiger partial charge in [0.25, 0.3) is 0 Å². The van der Waals surface area contributed by atoms with Crippen molar-refractivity contribution in [1.29, 1.82) is 0 Å². The highest BCUT2D eigenvalue weighted by Gasteiger charge is 2.87. The van der Waals surface area contributed by atoms with E-state index < -0.39 is 55.6 Å². The molecule has 26 heavy (non-hydrogen) atoms. The molecule has 2 aliphatic carbocycles. The molecular weight excluding hydrogens is 473 g/mol. The normalized spacial score (nSPS) is 44.1. The number of carbonyl (C=O) groups is 4. The van der Waals surface area contributed by atoms with Gasteiger partial charge in [-0.2, -0.15) is 0 Å². The zero-order valence-corrected chi connectivity index (χ0v) is 17.0. The molecule has 1 N–H and O–H groups in total. The first-order valence-electron chi connectivity index (χ1n) is 7.44. The van der Waals surface area contributed by atoms with Gasteiger partial charge in [0.1, 0.15) is 15.8 Å². The first-order valence-corrected chi connectivity index (χ1v) is 9.71. The monoisotopic (exact) mass is 478 g/mol. The van der Waals surface area contributed by atoms with E-state index >= 15 is 0 Å². The van der Waals surface area contributed by atoms with Crippen molar-refractivity contribution in [3.8, 4) is 0 Å². The maximum Gasteiger partial charge on any atom is 0.249 e. The number of piperidine rings is 1. The number of rotatable bonds is 1. The molecule has 2 heterocycles. The molecular formula is C14H8Cl6N2O4. The Hall–Kier alpha value is -0.240. The summed E-state index contributed by atoms with van der Waals surface area (Å²) in [6.07, 6.45) is -0.0243. The summed E-state index contributed by atoms with van der Waals surface area (Å²) in [7, 11) is 0. The molecule has 0 aromatic heterocycles. The molecule has 3 fully saturated rings. The fourth-order valence-corrected chi connectivity index (χ4v) is 7.18. The molecule has 2 aliphatic heterocycles. The van der Waals surface area contributed by atoms with Crippen LogP contribution < -0.4 is 5.32 Å². The Morgan fingerprint density at radius 3 is 1.77 bits per heavy atom. The van der Waals surface area contributed by atoms with Crippen LogP contribution in [0.5, 0.6) is 0 Å². The van der Waals surface area contributed by atoms with Crippen molar-refractivity contribution in [3.63, 3.8) is 0 Å². The number of carbonyl (C=O) groups excluding carboxylic acids is 4. The fourth-order valence-electron chi connectivity index (χ4n) is 4.25. The van der Waals surface area contributed by atoms with Gasteiger partial charge in [-0.05, 0) is 6.42 Å². The number of nitrogens with zero attached hydrogens (tertiary/aromatic N) is 1. The van der Waals surface area contributed by atoms with Gasteiger partial charge in [-0.25, -0.2) is 0 Å². The second-order valence-corrected chi connectivity index (χ2v) is 9.87. The minimum absolute atomic E-state index is 0.00601. The molecule has 0 spiro atoms. The minimum atomic E-state index is -2.02. The number of amides is 4. The van der Waals surface area contributed by atoms with E-state index in [0.29, 0.717) is 0 Å². The quantitative estimate of drug-likeness (QED) is 0.461. The maximum atomic E-state index is 13.1. The van der Waals surface area contributed by atoms with Crippen molar-refractivity contribution in [2.24, 2.45) is 11.8 Å². The Kier molecular flexibility index (Phi) is 3.98. The van der Waals surface area contributed by atoms with Gasteiger partial charge in [0.2, 0.25) is 23.6 Å². The van der Waals surface area contributed by atoms with Gasteiger partial charge in [-0.3, -0.25) is 29.4 Å². The lowest BCUT2D eigenvalue weighted by atomic mass is 9.84. The number of alkyl halides is 4.